The number of aryl methyl sites for hydroxylation is 1. The molecule has 1 unspecified atom stereocenters. The van der Waals surface area contributed by atoms with Crippen molar-refractivity contribution in [2.24, 2.45) is 7.05 Å². The Morgan fingerprint density at radius 1 is 1.03 bits per heavy atom. The van der Waals surface area contributed by atoms with Crippen LogP contribution in [0.15, 0.2) is 89.9 Å². The van der Waals surface area contributed by atoms with Crippen molar-refractivity contribution in [3.63, 3.8) is 0 Å². The van der Waals surface area contributed by atoms with Gasteiger partial charge in [-0.2, -0.15) is 10.4 Å². The molecule has 0 fully saturated rings. The molecular weight excluding hydrogens is 464 g/mol. The number of carbonyl (C=O) groups is 1. The minimum Gasteiger partial charge on any atom is -0.319 e. The van der Waals surface area contributed by atoms with Crippen LogP contribution in [-0.2, 0) is 18.3 Å². The van der Waals surface area contributed by atoms with Crippen LogP contribution in [0.2, 0.25) is 0 Å². The normalized spacial score (nSPS) is 11.0. The van der Waals surface area contributed by atoms with Gasteiger partial charge in [-0.15, -0.1) is 0 Å². The summed E-state index contributed by atoms with van der Waals surface area (Å²) < 4.78 is 1.27. The zero-order valence-electron chi connectivity index (χ0n) is 21.2. The molecule has 0 aliphatic rings. The molecule has 37 heavy (non-hydrogen) atoms. The molecule has 2 aromatic heterocycles. The van der Waals surface area contributed by atoms with Crippen LogP contribution in [-0.4, -0.2) is 34.3 Å². The molecule has 0 saturated carbocycles. The zero-order valence-corrected chi connectivity index (χ0v) is 21.2. The molecule has 0 aliphatic heterocycles. The molecule has 2 heterocycles. The van der Waals surface area contributed by atoms with E-state index in [1.165, 1.54) is 16.3 Å². The van der Waals surface area contributed by atoms with E-state index in [1.807, 2.05) is 61.6 Å². The molecule has 0 spiro atoms. The summed E-state index contributed by atoms with van der Waals surface area (Å²) in [4.78, 5) is 27.6. The van der Waals surface area contributed by atoms with Crippen LogP contribution in [0.4, 0.5) is 5.82 Å². The molecular formula is C29H30N6O2. The number of likely N-dealkylation sites (N-methyl/N-ethyl adjacent to an activating group) is 1. The van der Waals surface area contributed by atoms with Crippen LogP contribution < -0.4 is 16.2 Å². The first-order valence-corrected chi connectivity index (χ1v) is 11.9. The highest BCUT2D eigenvalue weighted by atomic mass is 16.1. The van der Waals surface area contributed by atoms with Crippen LogP contribution >= 0.6 is 0 Å². The van der Waals surface area contributed by atoms with Crippen LogP contribution in [0, 0.1) is 11.3 Å². The molecule has 4 rings (SSSR count). The van der Waals surface area contributed by atoms with Crippen LogP contribution in [0.25, 0.3) is 11.3 Å². The standard InChI is InChI=1S/C18H16N4O2.C11H14N2/c1-22-18(24)10-8-15(21-22)14-7-9-16(19-12-14)20-17(23)11-13-5-3-2-4-6-13;1-9(8-13-2)11-5-3-10(7-12)4-6-11/h2-10,12H,11H2,1H3,(H,19,20,23);3-6,9,13H,8H2,1-2H3. The number of hydrogen-bond donors (Lipinski definition) is 2. The maximum atomic E-state index is 12.0. The van der Waals surface area contributed by atoms with Gasteiger partial charge in [0, 0.05) is 31.4 Å². The van der Waals surface area contributed by atoms with Gasteiger partial charge in [-0.1, -0.05) is 49.4 Å². The smallest absolute Gasteiger partial charge is 0.266 e. The molecule has 188 valence electrons. The first kappa shape index (κ1) is 27.0. The van der Waals surface area contributed by atoms with Gasteiger partial charge in [0.05, 0.1) is 23.7 Å². The number of pyridine rings is 1. The van der Waals surface area contributed by atoms with Crippen molar-refractivity contribution in [3.05, 3.63) is 112 Å². The average molecular weight is 495 g/mol. The summed E-state index contributed by atoms with van der Waals surface area (Å²) in [6.07, 6.45) is 1.91. The number of nitrogens with one attached hydrogen (secondary N) is 2. The maximum Gasteiger partial charge on any atom is 0.266 e. The van der Waals surface area contributed by atoms with Gasteiger partial charge in [0.25, 0.3) is 5.56 Å². The highest BCUT2D eigenvalue weighted by Gasteiger charge is 2.07. The molecule has 1 amide bonds. The van der Waals surface area contributed by atoms with Crippen molar-refractivity contribution < 1.29 is 4.79 Å². The fraction of sp³-hybridized carbons (Fsp3) is 0.207. The highest BCUT2D eigenvalue weighted by molar-refractivity contribution is 5.91. The van der Waals surface area contributed by atoms with Gasteiger partial charge in [-0.3, -0.25) is 9.59 Å². The Hall–Kier alpha value is -4.61. The molecule has 2 N–H and O–H groups in total. The van der Waals surface area contributed by atoms with Gasteiger partial charge in [0.1, 0.15) is 5.82 Å². The summed E-state index contributed by atoms with van der Waals surface area (Å²) in [6.45, 7) is 3.13. The lowest BCUT2D eigenvalue weighted by atomic mass is 10.0. The molecule has 0 aliphatic carbocycles. The van der Waals surface area contributed by atoms with Crippen molar-refractivity contribution >= 4 is 11.7 Å². The third-order valence-corrected chi connectivity index (χ3v) is 5.61. The number of rotatable bonds is 7. The molecule has 1 atom stereocenters. The van der Waals surface area contributed by atoms with Gasteiger partial charge < -0.3 is 10.6 Å². The van der Waals surface area contributed by atoms with E-state index in [0.29, 0.717) is 23.9 Å². The van der Waals surface area contributed by atoms with Crippen molar-refractivity contribution in [3.8, 4) is 17.3 Å². The second kappa shape index (κ2) is 13.5. The minimum atomic E-state index is -0.170. The molecule has 0 radical (unpaired) electrons. The Balaban J connectivity index is 0.000000248. The van der Waals surface area contributed by atoms with Gasteiger partial charge >= 0.3 is 0 Å². The van der Waals surface area contributed by atoms with Crippen molar-refractivity contribution in [2.75, 3.05) is 18.9 Å². The molecule has 4 aromatic rings. The third-order valence-electron chi connectivity index (χ3n) is 5.61. The third kappa shape index (κ3) is 8.23. The Morgan fingerprint density at radius 2 is 1.76 bits per heavy atom. The summed E-state index contributed by atoms with van der Waals surface area (Å²) in [5.74, 6) is 0.851. The van der Waals surface area contributed by atoms with E-state index in [-0.39, 0.29) is 11.5 Å². The second-order valence-electron chi connectivity index (χ2n) is 8.52. The fourth-order valence-corrected chi connectivity index (χ4v) is 3.55. The number of benzene rings is 2. The van der Waals surface area contributed by atoms with E-state index in [0.717, 1.165) is 23.2 Å². The lowest BCUT2D eigenvalue weighted by Crippen LogP contribution is -2.18. The van der Waals surface area contributed by atoms with E-state index in [4.69, 9.17) is 5.26 Å². The average Bonchev–Trinajstić information content (AvgIpc) is 2.92. The summed E-state index contributed by atoms with van der Waals surface area (Å²) in [5, 5.41) is 18.7. The number of nitriles is 1. The lowest BCUT2D eigenvalue weighted by Gasteiger charge is -2.10. The van der Waals surface area contributed by atoms with Gasteiger partial charge in [-0.05, 0) is 54.4 Å². The number of aromatic nitrogens is 3. The largest absolute Gasteiger partial charge is 0.319 e. The number of hydrogen-bond acceptors (Lipinski definition) is 6. The van der Waals surface area contributed by atoms with Crippen LogP contribution in [0.5, 0.6) is 0 Å². The molecule has 8 nitrogen and oxygen atoms in total. The lowest BCUT2D eigenvalue weighted by molar-refractivity contribution is -0.115. The molecule has 8 heteroatoms. The molecule has 0 saturated heterocycles. The van der Waals surface area contributed by atoms with Crippen molar-refractivity contribution in [1.82, 2.24) is 20.1 Å². The Kier molecular flexibility index (Phi) is 9.82. The maximum absolute atomic E-state index is 12.0. The first-order chi connectivity index (χ1) is 17.9. The van der Waals surface area contributed by atoms with E-state index in [1.54, 1.807) is 31.4 Å². The summed E-state index contributed by atoms with van der Waals surface area (Å²) in [6, 6.07) is 26.0. The van der Waals surface area contributed by atoms with Crippen molar-refractivity contribution in [2.45, 2.75) is 19.3 Å². The minimum absolute atomic E-state index is 0.123. The number of carbonyl (C=O) groups excluding carboxylic acids is 1. The van der Waals surface area contributed by atoms with Gasteiger partial charge in [0.2, 0.25) is 5.91 Å². The Morgan fingerprint density at radius 3 is 2.35 bits per heavy atom. The number of nitrogens with zero attached hydrogens (tertiary/aromatic N) is 4. The van der Waals surface area contributed by atoms with E-state index < -0.39 is 0 Å². The highest BCUT2D eigenvalue weighted by Crippen LogP contribution is 2.16. The predicted molar refractivity (Wildman–Crippen MR) is 145 cm³/mol. The predicted octanol–water partition coefficient (Wildman–Crippen LogP) is 3.90. The van der Waals surface area contributed by atoms with Gasteiger partial charge in [0.15, 0.2) is 0 Å². The Bertz CT molecular complexity index is 1390. The quantitative estimate of drug-likeness (QED) is 0.403. The van der Waals surface area contributed by atoms with Crippen LogP contribution in [0.3, 0.4) is 0 Å². The van der Waals surface area contributed by atoms with E-state index >= 15 is 0 Å². The van der Waals surface area contributed by atoms with Gasteiger partial charge in [-0.25, -0.2) is 9.67 Å². The number of amides is 1. The fourth-order valence-electron chi connectivity index (χ4n) is 3.55. The number of anilines is 1. The summed E-state index contributed by atoms with van der Waals surface area (Å²) in [7, 11) is 3.54. The monoisotopic (exact) mass is 494 g/mol. The zero-order chi connectivity index (χ0) is 26.6. The van der Waals surface area contributed by atoms with Crippen molar-refractivity contribution in [1.29, 1.82) is 5.26 Å². The molecule has 0 bridgehead atoms. The topological polar surface area (TPSA) is 113 Å². The summed E-state index contributed by atoms with van der Waals surface area (Å²) in [5.41, 5.74) is 4.18. The molecule has 2 aromatic carbocycles. The van der Waals surface area contributed by atoms with E-state index in [2.05, 4.69) is 33.7 Å². The Labute approximate surface area is 216 Å². The SMILES string of the molecule is CNCC(C)c1ccc(C#N)cc1.Cn1nc(-c2ccc(NC(=O)Cc3ccccc3)nc2)ccc1=O. The van der Waals surface area contributed by atoms with Crippen LogP contribution in [0.1, 0.15) is 29.5 Å². The summed E-state index contributed by atoms with van der Waals surface area (Å²) >= 11 is 0. The second-order valence-corrected chi connectivity index (χ2v) is 8.52. The van der Waals surface area contributed by atoms with E-state index in [9.17, 15) is 9.59 Å². The first-order valence-electron chi connectivity index (χ1n) is 11.9.